The topological polar surface area (TPSA) is 77.9 Å². The number of carboxylic acids is 1. The number of hydrogen-bond donors (Lipinski definition) is 1. The molecule has 2 aliphatic heterocycles. The summed E-state index contributed by atoms with van der Waals surface area (Å²) in [5.41, 5.74) is -1.30. The zero-order chi connectivity index (χ0) is 14.8. The van der Waals surface area contributed by atoms with Gasteiger partial charge in [-0.2, -0.15) is 17.0 Å². The molecule has 20 heavy (non-hydrogen) atoms. The van der Waals surface area contributed by atoms with Crippen molar-refractivity contribution in [1.29, 1.82) is 0 Å². The highest BCUT2D eigenvalue weighted by Crippen LogP contribution is 2.32. The Morgan fingerprint density at radius 2 is 1.55 bits per heavy atom. The largest absolute Gasteiger partial charge is 0.480 e. The first-order chi connectivity index (χ1) is 9.39. The highest BCUT2D eigenvalue weighted by molar-refractivity contribution is 7.86. The van der Waals surface area contributed by atoms with Gasteiger partial charge in [0.1, 0.15) is 5.54 Å². The molecule has 7 heteroatoms. The molecule has 2 fully saturated rings. The van der Waals surface area contributed by atoms with Crippen LogP contribution in [0.4, 0.5) is 0 Å². The van der Waals surface area contributed by atoms with E-state index in [9.17, 15) is 18.3 Å². The molecule has 0 saturated carbocycles. The number of aliphatic carboxylic acids is 1. The number of piperidine rings is 1. The lowest BCUT2D eigenvalue weighted by Gasteiger charge is -2.42. The van der Waals surface area contributed by atoms with Crippen molar-refractivity contribution < 1.29 is 18.3 Å². The summed E-state index contributed by atoms with van der Waals surface area (Å²) in [6.45, 7) is 2.86. The van der Waals surface area contributed by atoms with Crippen molar-refractivity contribution in [3.8, 4) is 0 Å². The van der Waals surface area contributed by atoms with E-state index in [1.54, 1.807) is 0 Å². The molecule has 2 aliphatic rings. The van der Waals surface area contributed by atoms with Crippen molar-refractivity contribution in [2.45, 2.75) is 57.4 Å². The number of carboxylic acid groups (broad SMARTS) is 1. The number of rotatable bonds is 3. The SMILES string of the molecule is CC1(C(=O)O)CCCCN1S(=O)(=O)N1CCCCCC1. The van der Waals surface area contributed by atoms with Gasteiger partial charge < -0.3 is 5.11 Å². The highest BCUT2D eigenvalue weighted by Gasteiger charge is 2.49. The van der Waals surface area contributed by atoms with Crippen LogP contribution < -0.4 is 0 Å². The lowest BCUT2D eigenvalue weighted by molar-refractivity contribution is -0.149. The van der Waals surface area contributed by atoms with Crippen LogP contribution >= 0.6 is 0 Å². The molecule has 2 heterocycles. The van der Waals surface area contributed by atoms with Gasteiger partial charge in [-0.05, 0) is 39.0 Å². The Balaban J connectivity index is 2.28. The molecule has 1 atom stereocenters. The molecule has 1 unspecified atom stereocenters. The van der Waals surface area contributed by atoms with Crippen molar-refractivity contribution in [3.05, 3.63) is 0 Å². The number of nitrogens with zero attached hydrogens (tertiary/aromatic N) is 2. The van der Waals surface area contributed by atoms with Crippen molar-refractivity contribution >= 4 is 16.2 Å². The van der Waals surface area contributed by atoms with E-state index in [4.69, 9.17) is 0 Å². The van der Waals surface area contributed by atoms with E-state index in [0.717, 1.165) is 38.5 Å². The Hall–Kier alpha value is -0.660. The molecule has 0 bridgehead atoms. The Morgan fingerprint density at radius 3 is 2.10 bits per heavy atom. The molecular weight excluding hydrogens is 280 g/mol. The summed E-state index contributed by atoms with van der Waals surface area (Å²) in [6, 6.07) is 0. The van der Waals surface area contributed by atoms with Gasteiger partial charge in [-0.1, -0.05) is 12.8 Å². The molecule has 0 spiro atoms. The zero-order valence-electron chi connectivity index (χ0n) is 12.0. The summed E-state index contributed by atoms with van der Waals surface area (Å²) in [7, 11) is -3.68. The molecular formula is C13H24N2O4S. The molecule has 6 nitrogen and oxygen atoms in total. The molecule has 0 amide bonds. The van der Waals surface area contributed by atoms with Crippen LogP contribution in [0.3, 0.4) is 0 Å². The lowest BCUT2D eigenvalue weighted by atomic mass is 9.91. The van der Waals surface area contributed by atoms with E-state index < -0.39 is 21.7 Å². The molecule has 116 valence electrons. The Bertz CT molecular complexity index is 457. The summed E-state index contributed by atoms with van der Waals surface area (Å²) in [5, 5.41) is 9.46. The normalized spacial score (nSPS) is 30.9. The Morgan fingerprint density at radius 1 is 1.00 bits per heavy atom. The lowest BCUT2D eigenvalue weighted by Crippen LogP contribution is -2.60. The summed E-state index contributed by atoms with van der Waals surface area (Å²) in [5.74, 6) is -1.05. The van der Waals surface area contributed by atoms with Crippen molar-refractivity contribution in [3.63, 3.8) is 0 Å². The summed E-state index contributed by atoms with van der Waals surface area (Å²) >= 11 is 0. The maximum atomic E-state index is 12.8. The molecule has 0 radical (unpaired) electrons. The standard InChI is InChI=1S/C13H24N2O4S/c1-13(12(16)17)8-4-7-11-15(13)20(18,19)14-9-5-2-3-6-10-14/h2-11H2,1H3,(H,16,17). The van der Waals surface area contributed by atoms with E-state index in [2.05, 4.69) is 0 Å². The second-order valence-electron chi connectivity index (χ2n) is 5.93. The maximum Gasteiger partial charge on any atom is 0.324 e. The van der Waals surface area contributed by atoms with Gasteiger partial charge in [0.25, 0.3) is 10.2 Å². The van der Waals surface area contributed by atoms with Gasteiger partial charge in [-0.25, -0.2) is 0 Å². The number of hydrogen-bond acceptors (Lipinski definition) is 3. The third-order valence-electron chi connectivity index (χ3n) is 4.46. The second-order valence-corrected chi connectivity index (χ2v) is 7.78. The monoisotopic (exact) mass is 304 g/mol. The molecule has 2 saturated heterocycles. The predicted octanol–water partition coefficient (Wildman–Crippen LogP) is 1.44. The predicted molar refractivity (Wildman–Crippen MR) is 75.6 cm³/mol. The van der Waals surface area contributed by atoms with E-state index >= 15 is 0 Å². The van der Waals surface area contributed by atoms with E-state index in [1.165, 1.54) is 15.5 Å². The van der Waals surface area contributed by atoms with Gasteiger partial charge in [-0.15, -0.1) is 0 Å². The molecule has 0 aromatic carbocycles. The summed E-state index contributed by atoms with van der Waals surface area (Å²) < 4.78 is 28.3. The van der Waals surface area contributed by atoms with Gasteiger partial charge in [0.15, 0.2) is 0 Å². The van der Waals surface area contributed by atoms with Gasteiger partial charge in [0.2, 0.25) is 0 Å². The van der Waals surface area contributed by atoms with Crippen molar-refractivity contribution in [2.75, 3.05) is 19.6 Å². The molecule has 0 aliphatic carbocycles. The van der Waals surface area contributed by atoms with Crippen LogP contribution in [0.15, 0.2) is 0 Å². The van der Waals surface area contributed by atoms with E-state index in [-0.39, 0.29) is 0 Å². The van der Waals surface area contributed by atoms with Crippen molar-refractivity contribution in [2.24, 2.45) is 0 Å². The molecule has 0 aromatic heterocycles. The van der Waals surface area contributed by atoms with Gasteiger partial charge in [0, 0.05) is 19.6 Å². The first-order valence-corrected chi connectivity index (χ1v) is 8.80. The average molecular weight is 304 g/mol. The minimum atomic E-state index is -3.68. The van der Waals surface area contributed by atoms with Crippen LogP contribution in [0.2, 0.25) is 0 Å². The fourth-order valence-electron chi connectivity index (χ4n) is 3.09. The third kappa shape index (κ3) is 2.84. The van der Waals surface area contributed by atoms with Gasteiger partial charge in [0.05, 0.1) is 0 Å². The van der Waals surface area contributed by atoms with E-state index in [0.29, 0.717) is 26.1 Å². The molecule has 0 aromatic rings. The minimum absolute atomic E-state index is 0.307. The number of carbonyl (C=O) groups is 1. The quantitative estimate of drug-likeness (QED) is 0.855. The maximum absolute atomic E-state index is 12.8. The minimum Gasteiger partial charge on any atom is -0.480 e. The third-order valence-corrected chi connectivity index (χ3v) is 6.62. The fourth-order valence-corrected chi connectivity index (χ4v) is 5.13. The first-order valence-electron chi connectivity index (χ1n) is 7.40. The zero-order valence-corrected chi connectivity index (χ0v) is 12.9. The van der Waals surface area contributed by atoms with Crippen LogP contribution in [-0.4, -0.2) is 53.3 Å². The van der Waals surface area contributed by atoms with Gasteiger partial charge in [-0.3, -0.25) is 4.79 Å². The van der Waals surface area contributed by atoms with Crippen LogP contribution in [0.5, 0.6) is 0 Å². The van der Waals surface area contributed by atoms with Crippen LogP contribution in [0.1, 0.15) is 51.9 Å². The summed E-state index contributed by atoms with van der Waals surface area (Å²) in [4.78, 5) is 11.6. The van der Waals surface area contributed by atoms with Gasteiger partial charge >= 0.3 is 5.97 Å². The second kappa shape index (κ2) is 5.99. The highest BCUT2D eigenvalue weighted by atomic mass is 32.2. The first kappa shape index (κ1) is 15.7. The average Bonchev–Trinajstić information content (AvgIpc) is 2.68. The molecule has 2 rings (SSSR count). The van der Waals surface area contributed by atoms with Crippen LogP contribution in [0.25, 0.3) is 0 Å². The van der Waals surface area contributed by atoms with Crippen LogP contribution in [-0.2, 0) is 15.0 Å². The van der Waals surface area contributed by atoms with Crippen molar-refractivity contribution in [1.82, 2.24) is 8.61 Å². The van der Waals surface area contributed by atoms with E-state index in [1.807, 2.05) is 0 Å². The van der Waals surface area contributed by atoms with Crippen LogP contribution in [0, 0.1) is 0 Å². The smallest absolute Gasteiger partial charge is 0.324 e. The Kier molecular flexibility index (Phi) is 4.71. The fraction of sp³-hybridized carbons (Fsp3) is 0.923. The summed E-state index contributed by atoms with van der Waals surface area (Å²) in [6.07, 6.45) is 5.68. The molecule has 1 N–H and O–H groups in total. The Labute approximate surface area is 120 Å².